The zero-order valence-corrected chi connectivity index (χ0v) is 18.7. The summed E-state index contributed by atoms with van der Waals surface area (Å²) in [6.07, 6.45) is 2.18. The van der Waals surface area contributed by atoms with Crippen molar-refractivity contribution in [3.63, 3.8) is 0 Å². The number of ether oxygens (including phenoxy) is 1. The van der Waals surface area contributed by atoms with E-state index < -0.39 is 11.7 Å². The molecular weight excluding hydrogens is 402 g/mol. The van der Waals surface area contributed by atoms with Crippen LogP contribution < -0.4 is 16.6 Å². The minimum absolute atomic E-state index is 0.177. The second-order valence-corrected chi connectivity index (χ2v) is 9.40. The molecule has 1 heterocycles. The summed E-state index contributed by atoms with van der Waals surface area (Å²) in [6, 6.07) is 19.4. The van der Waals surface area contributed by atoms with E-state index in [-0.39, 0.29) is 16.8 Å². The van der Waals surface area contributed by atoms with Crippen LogP contribution in [0.25, 0.3) is 22.4 Å². The Morgan fingerprint density at radius 1 is 1.03 bits per heavy atom. The maximum absolute atomic E-state index is 12.4. The number of nitrogens with one attached hydrogen (secondary N) is 2. The third kappa shape index (κ3) is 4.40. The molecule has 6 nitrogen and oxygen atoms in total. The quantitative estimate of drug-likeness (QED) is 0.529. The van der Waals surface area contributed by atoms with Crippen molar-refractivity contribution in [2.24, 2.45) is 0 Å². The van der Waals surface area contributed by atoms with E-state index in [9.17, 15) is 9.59 Å². The molecule has 1 aliphatic carbocycles. The molecule has 0 aliphatic heterocycles. The number of benzene rings is 2. The Bertz CT molecular complexity index is 1170. The van der Waals surface area contributed by atoms with Gasteiger partial charge in [0.05, 0.1) is 11.4 Å². The third-order valence-corrected chi connectivity index (χ3v) is 5.78. The molecule has 3 aromatic rings. The first-order valence-electron chi connectivity index (χ1n) is 10.9. The fourth-order valence-electron chi connectivity index (χ4n) is 4.02. The van der Waals surface area contributed by atoms with Crippen LogP contribution in [0.4, 0.5) is 10.5 Å². The highest BCUT2D eigenvalue weighted by atomic mass is 16.6. The molecule has 0 bridgehead atoms. The van der Waals surface area contributed by atoms with Gasteiger partial charge in [-0.15, -0.1) is 0 Å². The highest BCUT2D eigenvalue weighted by Crippen LogP contribution is 2.45. The van der Waals surface area contributed by atoms with Crippen molar-refractivity contribution in [1.29, 1.82) is 0 Å². The van der Waals surface area contributed by atoms with Crippen molar-refractivity contribution >= 4 is 11.8 Å². The Hall–Kier alpha value is -3.54. The van der Waals surface area contributed by atoms with Gasteiger partial charge in [-0.05, 0) is 62.8 Å². The van der Waals surface area contributed by atoms with Crippen molar-refractivity contribution in [3.05, 3.63) is 76.6 Å². The molecule has 0 saturated heterocycles. The van der Waals surface area contributed by atoms with Crippen LogP contribution in [0.3, 0.4) is 0 Å². The van der Waals surface area contributed by atoms with E-state index in [1.165, 1.54) is 0 Å². The molecule has 32 heavy (non-hydrogen) atoms. The van der Waals surface area contributed by atoms with Gasteiger partial charge in [0.1, 0.15) is 5.60 Å². The van der Waals surface area contributed by atoms with Crippen LogP contribution in [0, 0.1) is 0 Å². The molecule has 4 rings (SSSR count). The predicted octanol–water partition coefficient (Wildman–Crippen LogP) is 5.20. The molecule has 1 fully saturated rings. The van der Waals surface area contributed by atoms with Gasteiger partial charge in [0.15, 0.2) is 0 Å². The Kier molecular flexibility index (Phi) is 5.55. The summed E-state index contributed by atoms with van der Waals surface area (Å²) in [5.41, 5.74) is 9.13. The number of alkyl carbamates (subject to hydrolysis) is 1. The standard InChI is InChI=1S/C26H29N3O3/c1-25(2,3)29-24(31)32-26(14-7-15-26)19-12-10-18(11-13-19)22-20(16-21(27)23(30)28-22)17-8-5-4-6-9-17/h4-6,8-13,16H,7,14-15,27H2,1-3H3,(H,28,30)(H,29,31). The lowest BCUT2D eigenvalue weighted by Crippen LogP contribution is -2.47. The minimum atomic E-state index is -0.606. The van der Waals surface area contributed by atoms with E-state index in [4.69, 9.17) is 10.5 Å². The van der Waals surface area contributed by atoms with Gasteiger partial charge in [0, 0.05) is 11.1 Å². The number of aromatic nitrogens is 1. The summed E-state index contributed by atoms with van der Waals surface area (Å²) < 4.78 is 5.89. The van der Waals surface area contributed by atoms with E-state index in [1.54, 1.807) is 6.07 Å². The van der Waals surface area contributed by atoms with E-state index >= 15 is 0 Å². The number of amides is 1. The van der Waals surface area contributed by atoms with Gasteiger partial charge in [0.25, 0.3) is 5.56 Å². The van der Waals surface area contributed by atoms with Crippen LogP contribution in [-0.2, 0) is 10.3 Å². The van der Waals surface area contributed by atoms with Gasteiger partial charge in [-0.1, -0.05) is 54.6 Å². The normalized spacial score (nSPS) is 15.0. The summed E-state index contributed by atoms with van der Waals surface area (Å²) >= 11 is 0. The number of nitrogen functional groups attached to an aromatic ring is 1. The molecule has 0 spiro atoms. The number of H-pyrrole nitrogens is 1. The van der Waals surface area contributed by atoms with Gasteiger partial charge in [-0.3, -0.25) is 4.79 Å². The topological polar surface area (TPSA) is 97.2 Å². The van der Waals surface area contributed by atoms with Crippen molar-refractivity contribution < 1.29 is 9.53 Å². The number of rotatable bonds is 4. The maximum atomic E-state index is 12.4. The van der Waals surface area contributed by atoms with Crippen molar-refractivity contribution in [1.82, 2.24) is 10.3 Å². The summed E-state index contributed by atoms with van der Waals surface area (Å²) in [4.78, 5) is 27.6. The Morgan fingerprint density at radius 2 is 1.69 bits per heavy atom. The number of hydrogen-bond acceptors (Lipinski definition) is 4. The Labute approximate surface area is 187 Å². The lowest BCUT2D eigenvalue weighted by molar-refractivity contribution is -0.0549. The molecule has 0 radical (unpaired) electrons. The molecule has 1 aromatic heterocycles. The summed E-state index contributed by atoms with van der Waals surface area (Å²) in [5, 5.41) is 2.87. The second-order valence-electron chi connectivity index (χ2n) is 9.40. The lowest BCUT2D eigenvalue weighted by atomic mass is 9.74. The third-order valence-electron chi connectivity index (χ3n) is 5.78. The van der Waals surface area contributed by atoms with Gasteiger partial charge in [-0.2, -0.15) is 0 Å². The number of carbonyl (C=O) groups is 1. The second kappa shape index (κ2) is 8.19. The van der Waals surface area contributed by atoms with E-state index in [1.807, 2.05) is 75.4 Å². The SMILES string of the molecule is CC(C)(C)NC(=O)OC1(c2ccc(-c3[nH]c(=O)c(N)cc3-c3ccccc3)cc2)CCC1. The van der Waals surface area contributed by atoms with E-state index in [2.05, 4.69) is 10.3 Å². The van der Waals surface area contributed by atoms with Gasteiger partial charge in [-0.25, -0.2) is 4.79 Å². The molecule has 0 unspecified atom stereocenters. The molecule has 1 aliphatic rings. The molecule has 6 heteroatoms. The van der Waals surface area contributed by atoms with E-state index in [0.717, 1.165) is 41.5 Å². The number of hydrogen-bond donors (Lipinski definition) is 3. The van der Waals surface area contributed by atoms with Crippen LogP contribution in [-0.4, -0.2) is 16.6 Å². The molecule has 4 N–H and O–H groups in total. The van der Waals surface area contributed by atoms with Gasteiger partial charge >= 0.3 is 6.09 Å². The van der Waals surface area contributed by atoms with Crippen LogP contribution in [0.15, 0.2) is 65.5 Å². The first kappa shape index (κ1) is 21.7. The Morgan fingerprint density at radius 3 is 2.25 bits per heavy atom. The van der Waals surface area contributed by atoms with Crippen molar-refractivity contribution in [3.8, 4) is 22.4 Å². The van der Waals surface area contributed by atoms with Crippen LogP contribution in [0.5, 0.6) is 0 Å². The predicted molar refractivity (Wildman–Crippen MR) is 127 cm³/mol. The van der Waals surface area contributed by atoms with Crippen molar-refractivity contribution in [2.45, 2.75) is 51.2 Å². The molecule has 166 valence electrons. The van der Waals surface area contributed by atoms with E-state index in [0.29, 0.717) is 5.69 Å². The van der Waals surface area contributed by atoms with Crippen LogP contribution in [0.2, 0.25) is 0 Å². The van der Waals surface area contributed by atoms with Gasteiger partial charge in [0.2, 0.25) is 0 Å². The first-order valence-corrected chi connectivity index (χ1v) is 10.9. The molecule has 2 aromatic carbocycles. The lowest BCUT2D eigenvalue weighted by Gasteiger charge is -2.42. The fraction of sp³-hybridized carbons (Fsp3) is 0.308. The zero-order chi connectivity index (χ0) is 22.9. The number of aromatic amines is 1. The van der Waals surface area contributed by atoms with Gasteiger partial charge < -0.3 is 20.8 Å². The average Bonchev–Trinajstić information content (AvgIpc) is 2.72. The fourth-order valence-corrected chi connectivity index (χ4v) is 4.02. The number of nitrogens with two attached hydrogens (primary N) is 1. The molecule has 1 saturated carbocycles. The average molecular weight is 432 g/mol. The number of pyridine rings is 1. The number of carbonyl (C=O) groups excluding carboxylic acids is 1. The highest BCUT2D eigenvalue weighted by Gasteiger charge is 2.43. The highest BCUT2D eigenvalue weighted by molar-refractivity contribution is 5.82. The number of anilines is 1. The maximum Gasteiger partial charge on any atom is 0.408 e. The largest absolute Gasteiger partial charge is 0.438 e. The summed E-state index contributed by atoms with van der Waals surface area (Å²) in [5.74, 6) is 0. The van der Waals surface area contributed by atoms with Crippen LogP contribution in [0.1, 0.15) is 45.6 Å². The summed E-state index contributed by atoms with van der Waals surface area (Å²) in [7, 11) is 0. The minimum Gasteiger partial charge on any atom is -0.438 e. The van der Waals surface area contributed by atoms with Crippen LogP contribution >= 0.6 is 0 Å². The molecular formula is C26H29N3O3. The molecule has 0 atom stereocenters. The monoisotopic (exact) mass is 431 g/mol. The zero-order valence-electron chi connectivity index (χ0n) is 18.7. The summed E-state index contributed by atoms with van der Waals surface area (Å²) in [6.45, 7) is 5.77. The molecule has 1 amide bonds. The first-order chi connectivity index (χ1) is 15.2. The van der Waals surface area contributed by atoms with Crippen molar-refractivity contribution in [2.75, 3.05) is 5.73 Å². The smallest absolute Gasteiger partial charge is 0.408 e. The Balaban J connectivity index is 1.67.